The fourth-order valence-corrected chi connectivity index (χ4v) is 2.86. The van der Waals surface area contributed by atoms with Crippen molar-refractivity contribution in [3.63, 3.8) is 0 Å². The maximum atomic E-state index is 12.2. The van der Waals surface area contributed by atoms with E-state index in [2.05, 4.69) is 5.10 Å². The first-order valence-corrected chi connectivity index (χ1v) is 7.51. The Bertz CT molecular complexity index is 735. The minimum atomic E-state index is -0.141. The molecular weight excluding hydrogens is 290 g/mol. The monoisotopic (exact) mass is 306 g/mol. The van der Waals surface area contributed by atoms with Gasteiger partial charge < -0.3 is 4.90 Å². The van der Waals surface area contributed by atoms with Gasteiger partial charge in [-0.25, -0.2) is 0 Å². The zero-order chi connectivity index (χ0) is 14.8. The molecule has 6 heteroatoms. The zero-order valence-corrected chi connectivity index (χ0v) is 12.4. The second-order valence-corrected chi connectivity index (χ2v) is 5.80. The maximum Gasteiger partial charge on any atom is 0.290 e. The molecule has 1 aromatic carbocycles. The van der Waals surface area contributed by atoms with Crippen LogP contribution in [0.4, 0.5) is 0 Å². The number of aromatic amines is 1. The summed E-state index contributed by atoms with van der Waals surface area (Å²) in [6.07, 6.45) is 4.72. The molecule has 0 atom stereocenters. The van der Waals surface area contributed by atoms with Crippen LogP contribution in [0.2, 0.25) is 5.02 Å². The van der Waals surface area contributed by atoms with Gasteiger partial charge in [-0.3, -0.25) is 9.59 Å². The predicted octanol–water partition coefficient (Wildman–Crippen LogP) is 1.48. The molecule has 1 aromatic heterocycles. The topological polar surface area (TPSA) is 57.0 Å². The molecule has 3 rings (SSSR count). The van der Waals surface area contributed by atoms with E-state index in [0.29, 0.717) is 15.9 Å². The van der Waals surface area contributed by atoms with Gasteiger partial charge >= 0.3 is 0 Å². The van der Waals surface area contributed by atoms with Crippen LogP contribution < -0.4 is 10.1 Å². The van der Waals surface area contributed by atoms with E-state index in [0.717, 1.165) is 25.9 Å². The van der Waals surface area contributed by atoms with Crippen molar-refractivity contribution in [2.75, 3.05) is 13.1 Å². The lowest BCUT2D eigenvalue weighted by Gasteiger charge is -2.25. The first kappa shape index (κ1) is 14.1. The number of benzene rings is 1. The molecule has 21 heavy (non-hydrogen) atoms. The number of nitrogens with one attached hydrogen (secondary N) is 1. The van der Waals surface area contributed by atoms with Crippen molar-refractivity contribution in [1.29, 1.82) is 0 Å². The number of hydrogen-bond donors (Lipinski definition) is 1. The van der Waals surface area contributed by atoms with Crippen molar-refractivity contribution in [1.82, 2.24) is 10.00 Å². The SMILES string of the molecule is O=C(C[n+]1cc(=O)c2cc(Cl)ccc2[nH]1)N1CCCCC1. The van der Waals surface area contributed by atoms with E-state index in [4.69, 9.17) is 11.6 Å². The Hall–Kier alpha value is -1.88. The molecule has 0 spiro atoms. The minimum Gasteiger partial charge on any atom is -0.337 e. The number of likely N-dealkylation sites (tertiary alicyclic amines) is 1. The summed E-state index contributed by atoms with van der Waals surface area (Å²) in [5, 5.41) is 4.13. The van der Waals surface area contributed by atoms with Gasteiger partial charge in [0.15, 0.2) is 0 Å². The molecular formula is C15H17ClN3O2+. The van der Waals surface area contributed by atoms with Gasteiger partial charge in [0.1, 0.15) is 5.52 Å². The van der Waals surface area contributed by atoms with Crippen LogP contribution in [0.5, 0.6) is 0 Å². The zero-order valence-electron chi connectivity index (χ0n) is 11.6. The summed E-state index contributed by atoms with van der Waals surface area (Å²) >= 11 is 5.90. The molecule has 1 saturated heterocycles. The largest absolute Gasteiger partial charge is 0.337 e. The Labute approximate surface area is 127 Å². The van der Waals surface area contributed by atoms with E-state index >= 15 is 0 Å². The maximum absolute atomic E-state index is 12.2. The third-order valence-corrected chi connectivity index (χ3v) is 4.03. The first-order chi connectivity index (χ1) is 10.1. The Morgan fingerprint density at radius 2 is 2.05 bits per heavy atom. The van der Waals surface area contributed by atoms with Gasteiger partial charge in [-0.2, -0.15) is 5.10 Å². The average Bonchev–Trinajstić information content (AvgIpc) is 2.49. The van der Waals surface area contributed by atoms with Crippen molar-refractivity contribution in [2.45, 2.75) is 25.8 Å². The fraction of sp³-hybridized carbons (Fsp3) is 0.400. The third kappa shape index (κ3) is 3.08. The fourth-order valence-electron chi connectivity index (χ4n) is 2.69. The van der Waals surface area contributed by atoms with E-state index < -0.39 is 0 Å². The van der Waals surface area contributed by atoms with Crippen LogP contribution in [-0.2, 0) is 11.3 Å². The molecule has 1 aliphatic heterocycles. The summed E-state index contributed by atoms with van der Waals surface area (Å²) in [6.45, 7) is 1.79. The second-order valence-electron chi connectivity index (χ2n) is 5.36. The Morgan fingerprint density at radius 3 is 2.81 bits per heavy atom. The number of aromatic nitrogens is 2. The molecule has 1 aliphatic rings. The molecule has 1 amide bonds. The number of piperidine rings is 1. The second kappa shape index (κ2) is 5.85. The highest BCUT2D eigenvalue weighted by molar-refractivity contribution is 6.31. The summed E-state index contributed by atoms with van der Waals surface area (Å²) in [6, 6.07) is 5.10. The van der Waals surface area contributed by atoms with E-state index in [1.165, 1.54) is 12.6 Å². The molecule has 1 N–H and O–H groups in total. The van der Waals surface area contributed by atoms with Crippen LogP contribution in [0.1, 0.15) is 19.3 Å². The lowest BCUT2D eigenvalue weighted by atomic mass is 10.1. The van der Waals surface area contributed by atoms with Gasteiger partial charge in [-0.1, -0.05) is 11.6 Å². The highest BCUT2D eigenvalue weighted by atomic mass is 35.5. The van der Waals surface area contributed by atoms with E-state index in [-0.39, 0.29) is 17.9 Å². The lowest BCUT2D eigenvalue weighted by molar-refractivity contribution is -0.741. The number of nitrogens with zero attached hydrogens (tertiary/aromatic N) is 2. The molecule has 2 aromatic rings. The van der Waals surface area contributed by atoms with Gasteiger partial charge in [0.25, 0.3) is 11.3 Å². The summed E-state index contributed by atoms with van der Waals surface area (Å²) in [5.41, 5.74) is 0.538. The summed E-state index contributed by atoms with van der Waals surface area (Å²) in [4.78, 5) is 26.2. The molecule has 0 saturated carbocycles. The van der Waals surface area contributed by atoms with E-state index in [1.54, 1.807) is 22.9 Å². The normalized spacial score (nSPS) is 15.4. The minimum absolute atomic E-state index is 0.0451. The number of H-pyrrole nitrogens is 1. The first-order valence-electron chi connectivity index (χ1n) is 7.13. The Morgan fingerprint density at radius 1 is 1.29 bits per heavy atom. The molecule has 0 radical (unpaired) electrons. The van der Waals surface area contributed by atoms with Gasteiger partial charge in [0.05, 0.1) is 5.39 Å². The van der Waals surface area contributed by atoms with Crippen molar-refractivity contribution in [3.8, 4) is 0 Å². The smallest absolute Gasteiger partial charge is 0.290 e. The van der Waals surface area contributed by atoms with E-state index in [1.807, 2.05) is 4.90 Å². The number of rotatable bonds is 2. The van der Waals surface area contributed by atoms with Crippen LogP contribution in [0.25, 0.3) is 10.9 Å². The number of hydrogen-bond acceptors (Lipinski definition) is 2. The molecule has 0 aliphatic carbocycles. The predicted molar refractivity (Wildman–Crippen MR) is 80.2 cm³/mol. The number of amides is 1. The average molecular weight is 307 g/mol. The third-order valence-electron chi connectivity index (χ3n) is 3.80. The Balaban J connectivity index is 1.85. The molecule has 2 heterocycles. The van der Waals surface area contributed by atoms with Gasteiger partial charge in [0.2, 0.25) is 12.7 Å². The number of fused-ring (bicyclic) bond motifs is 1. The quantitative estimate of drug-likeness (QED) is 0.855. The van der Waals surface area contributed by atoms with E-state index in [9.17, 15) is 9.59 Å². The van der Waals surface area contributed by atoms with Gasteiger partial charge in [-0.15, -0.1) is 4.68 Å². The molecule has 110 valence electrons. The summed E-state index contributed by atoms with van der Waals surface area (Å²) < 4.78 is 1.55. The van der Waals surface area contributed by atoms with Crippen molar-refractivity contribution in [3.05, 3.63) is 39.6 Å². The number of carbonyl (C=O) groups excluding carboxylic acids is 1. The van der Waals surface area contributed by atoms with Crippen molar-refractivity contribution in [2.24, 2.45) is 0 Å². The van der Waals surface area contributed by atoms with Crippen molar-refractivity contribution < 1.29 is 9.48 Å². The van der Waals surface area contributed by atoms with Gasteiger partial charge in [0, 0.05) is 18.1 Å². The highest BCUT2D eigenvalue weighted by Gasteiger charge is 2.21. The summed E-state index contributed by atoms with van der Waals surface area (Å²) in [5.74, 6) is 0.0451. The number of halogens is 1. The van der Waals surface area contributed by atoms with Gasteiger partial charge in [-0.05, 0) is 37.5 Å². The van der Waals surface area contributed by atoms with Crippen LogP contribution in [0.15, 0.2) is 29.2 Å². The van der Waals surface area contributed by atoms with Crippen LogP contribution in [-0.4, -0.2) is 29.0 Å². The van der Waals surface area contributed by atoms with Crippen LogP contribution in [0, 0.1) is 0 Å². The highest BCUT2D eigenvalue weighted by Crippen LogP contribution is 2.13. The number of carbonyl (C=O) groups is 1. The molecule has 5 nitrogen and oxygen atoms in total. The summed E-state index contributed by atoms with van der Waals surface area (Å²) in [7, 11) is 0. The standard InChI is InChI=1S/C15H16ClN3O2/c16-11-4-5-13-12(8-11)14(20)9-19(17-13)10-15(21)18-6-2-1-3-7-18/h4-5,8-9H,1-3,6-7,10H2/p+1. The molecule has 0 bridgehead atoms. The lowest BCUT2D eigenvalue weighted by Crippen LogP contribution is -2.49. The molecule has 1 fully saturated rings. The van der Waals surface area contributed by atoms with Crippen molar-refractivity contribution >= 4 is 28.4 Å². The van der Waals surface area contributed by atoms with Crippen LogP contribution >= 0.6 is 11.6 Å². The Kier molecular flexibility index (Phi) is 3.92. The molecule has 0 unspecified atom stereocenters. The van der Waals surface area contributed by atoms with Crippen LogP contribution in [0.3, 0.4) is 0 Å².